The van der Waals surface area contributed by atoms with Gasteiger partial charge in [-0.25, -0.2) is 4.79 Å². The summed E-state index contributed by atoms with van der Waals surface area (Å²) in [6, 6.07) is 15.5. The molecule has 0 radical (unpaired) electrons. The first-order valence-electron chi connectivity index (χ1n) is 9.92. The molecule has 0 unspecified atom stereocenters. The molecule has 1 atom stereocenters. The number of para-hydroxylation sites is 1. The summed E-state index contributed by atoms with van der Waals surface area (Å²) in [6.07, 6.45) is 4.11. The molecule has 2 aromatic carbocycles. The maximum absolute atomic E-state index is 12.0. The van der Waals surface area contributed by atoms with Gasteiger partial charge in [0.25, 0.3) is 0 Å². The Kier molecular flexibility index (Phi) is 5.84. The minimum Gasteiger partial charge on any atom is -0.493 e. The van der Waals surface area contributed by atoms with Gasteiger partial charge in [0.2, 0.25) is 0 Å². The molecule has 1 aromatic heterocycles. The number of hydrogen-bond acceptors (Lipinski definition) is 6. The minimum absolute atomic E-state index is 0.243. The highest BCUT2D eigenvalue weighted by molar-refractivity contribution is 5.95. The zero-order valence-corrected chi connectivity index (χ0v) is 17.1. The molecule has 4 rings (SSSR count). The molecule has 1 aliphatic heterocycles. The van der Waals surface area contributed by atoms with E-state index >= 15 is 0 Å². The highest BCUT2D eigenvalue weighted by Crippen LogP contribution is 2.38. The van der Waals surface area contributed by atoms with Gasteiger partial charge in [-0.15, -0.1) is 0 Å². The fraction of sp³-hybridized carbons (Fsp3) is 0.250. The normalized spacial score (nSPS) is 14.9. The summed E-state index contributed by atoms with van der Waals surface area (Å²) >= 11 is 0. The summed E-state index contributed by atoms with van der Waals surface area (Å²) in [6.45, 7) is 3.31. The van der Waals surface area contributed by atoms with Crippen molar-refractivity contribution in [2.45, 2.75) is 19.3 Å². The predicted octanol–water partition coefficient (Wildman–Crippen LogP) is 4.95. The molecule has 0 fully saturated rings. The molecule has 0 amide bonds. The number of esters is 1. The molecule has 2 heterocycles. The van der Waals surface area contributed by atoms with Crippen LogP contribution >= 0.6 is 0 Å². The number of benzene rings is 2. The van der Waals surface area contributed by atoms with E-state index in [1.54, 1.807) is 18.5 Å². The van der Waals surface area contributed by atoms with Gasteiger partial charge in [0, 0.05) is 24.7 Å². The molecule has 1 aliphatic rings. The van der Waals surface area contributed by atoms with Crippen molar-refractivity contribution in [2.75, 3.05) is 25.6 Å². The number of fused-ring (bicyclic) bond motifs is 1. The Morgan fingerprint density at radius 2 is 2.10 bits per heavy atom. The van der Waals surface area contributed by atoms with Gasteiger partial charge in [-0.2, -0.15) is 0 Å². The number of hydrogen-bond donors (Lipinski definition) is 1. The van der Waals surface area contributed by atoms with Crippen LogP contribution in [0.2, 0.25) is 0 Å². The van der Waals surface area contributed by atoms with E-state index in [2.05, 4.69) is 16.4 Å². The molecule has 3 aromatic rings. The number of pyridine rings is 1. The summed E-state index contributed by atoms with van der Waals surface area (Å²) < 4.78 is 16.8. The number of nitrogens with zero attached hydrogens (tertiary/aromatic N) is 1. The number of aromatic nitrogens is 1. The Morgan fingerprint density at radius 1 is 1.23 bits per heavy atom. The molecule has 6 heteroatoms. The Labute approximate surface area is 175 Å². The first-order chi connectivity index (χ1) is 14.7. The highest BCUT2D eigenvalue weighted by atomic mass is 16.5. The topological polar surface area (TPSA) is 69.7 Å². The fourth-order valence-corrected chi connectivity index (χ4v) is 3.57. The first-order valence-corrected chi connectivity index (χ1v) is 9.92. The number of carbonyl (C=O) groups excluding carboxylic acids is 1. The molecule has 1 N–H and O–H groups in total. The zero-order chi connectivity index (χ0) is 20.9. The van der Waals surface area contributed by atoms with Crippen LogP contribution in [-0.2, 0) is 4.74 Å². The Morgan fingerprint density at radius 3 is 2.93 bits per heavy atom. The molecule has 6 nitrogen and oxygen atoms in total. The van der Waals surface area contributed by atoms with Crippen molar-refractivity contribution in [3.63, 3.8) is 0 Å². The molecule has 30 heavy (non-hydrogen) atoms. The Balaban J connectivity index is 1.50. The minimum atomic E-state index is -0.384. The fourth-order valence-electron chi connectivity index (χ4n) is 3.57. The number of ether oxygens (including phenoxy) is 3. The molecule has 154 valence electrons. The van der Waals surface area contributed by atoms with E-state index in [1.807, 2.05) is 43.3 Å². The monoisotopic (exact) mass is 404 g/mol. The lowest BCUT2D eigenvalue weighted by molar-refractivity contribution is 0.0601. The van der Waals surface area contributed by atoms with Crippen molar-refractivity contribution in [3.05, 3.63) is 77.6 Å². The standard InChI is InChI=1S/C24H24N2O4/c1-16-5-3-4-6-22(16)30-18-7-8-19-17(10-12-29-23(19)13-18)14-26-21-15-25-11-9-20(21)24(27)28-2/h3-9,11,13,15,17,26H,10,12,14H2,1-2H3/t17-/m1/s1. The molecule has 0 aliphatic carbocycles. The summed E-state index contributed by atoms with van der Waals surface area (Å²) in [7, 11) is 1.37. The molecular formula is C24H24N2O4. The van der Waals surface area contributed by atoms with Gasteiger partial charge in [-0.3, -0.25) is 4.98 Å². The Hall–Kier alpha value is -3.54. The first kappa shape index (κ1) is 19.8. The van der Waals surface area contributed by atoms with Crippen LogP contribution in [-0.4, -0.2) is 31.2 Å². The number of rotatable bonds is 6. The molecule has 0 saturated heterocycles. The summed E-state index contributed by atoms with van der Waals surface area (Å²) in [5.74, 6) is 2.27. The smallest absolute Gasteiger partial charge is 0.340 e. The van der Waals surface area contributed by atoms with Gasteiger partial charge < -0.3 is 19.5 Å². The number of methoxy groups -OCH3 is 1. The average Bonchev–Trinajstić information content (AvgIpc) is 2.78. The maximum atomic E-state index is 12.0. The van der Waals surface area contributed by atoms with Crippen LogP contribution in [0.5, 0.6) is 17.2 Å². The SMILES string of the molecule is COC(=O)c1ccncc1NC[C@H]1CCOc2cc(Oc3ccccc3C)ccc21. The van der Waals surface area contributed by atoms with Crippen LogP contribution < -0.4 is 14.8 Å². The van der Waals surface area contributed by atoms with Crippen LogP contribution in [0.3, 0.4) is 0 Å². The lowest BCUT2D eigenvalue weighted by Gasteiger charge is -2.27. The van der Waals surface area contributed by atoms with E-state index in [0.717, 1.165) is 34.8 Å². The van der Waals surface area contributed by atoms with Gasteiger partial charge in [0.05, 0.1) is 31.2 Å². The van der Waals surface area contributed by atoms with Gasteiger partial charge >= 0.3 is 5.97 Å². The highest BCUT2D eigenvalue weighted by Gasteiger charge is 2.23. The number of aryl methyl sites for hydroxylation is 1. The summed E-state index contributed by atoms with van der Waals surface area (Å²) in [5.41, 5.74) is 3.34. The lowest BCUT2D eigenvalue weighted by atomic mass is 9.93. The maximum Gasteiger partial charge on any atom is 0.340 e. The molecule has 0 saturated carbocycles. The van der Waals surface area contributed by atoms with Crippen LogP contribution in [0.4, 0.5) is 5.69 Å². The largest absolute Gasteiger partial charge is 0.493 e. The Bertz CT molecular complexity index is 1050. The van der Waals surface area contributed by atoms with Gasteiger partial charge in [0.1, 0.15) is 17.2 Å². The van der Waals surface area contributed by atoms with Crippen LogP contribution in [0.15, 0.2) is 60.9 Å². The van der Waals surface area contributed by atoms with Crippen molar-refractivity contribution < 1.29 is 19.0 Å². The molecule has 0 spiro atoms. The second-order valence-corrected chi connectivity index (χ2v) is 7.19. The van der Waals surface area contributed by atoms with E-state index in [0.29, 0.717) is 24.4 Å². The quantitative estimate of drug-likeness (QED) is 0.587. The second-order valence-electron chi connectivity index (χ2n) is 7.19. The van der Waals surface area contributed by atoms with E-state index in [1.165, 1.54) is 7.11 Å². The number of anilines is 1. The van der Waals surface area contributed by atoms with Gasteiger partial charge in [-0.1, -0.05) is 24.3 Å². The van der Waals surface area contributed by atoms with Crippen molar-refractivity contribution in [1.29, 1.82) is 0 Å². The van der Waals surface area contributed by atoms with Gasteiger partial charge in [-0.05, 0) is 42.7 Å². The second kappa shape index (κ2) is 8.86. The van der Waals surface area contributed by atoms with Crippen molar-refractivity contribution in [2.24, 2.45) is 0 Å². The number of nitrogens with one attached hydrogen (secondary N) is 1. The van der Waals surface area contributed by atoms with Crippen molar-refractivity contribution >= 4 is 11.7 Å². The van der Waals surface area contributed by atoms with E-state index in [-0.39, 0.29) is 11.9 Å². The summed E-state index contributed by atoms with van der Waals surface area (Å²) in [5, 5.41) is 3.35. The van der Waals surface area contributed by atoms with Crippen LogP contribution in [0.25, 0.3) is 0 Å². The lowest BCUT2D eigenvalue weighted by Crippen LogP contribution is -2.21. The van der Waals surface area contributed by atoms with E-state index < -0.39 is 0 Å². The molecule has 0 bridgehead atoms. The zero-order valence-electron chi connectivity index (χ0n) is 17.1. The van der Waals surface area contributed by atoms with Crippen LogP contribution in [0, 0.1) is 6.92 Å². The van der Waals surface area contributed by atoms with Gasteiger partial charge in [0.15, 0.2) is 0 Å². The van der Waals surface area contributed by atoms with E-state index in [4.69, 9.17) is 14.2 Å². The van der Waals surface area contributed by atoms with E-state index in [9.17, 15) is 4.79 Å². The summed E-state index contributed by atoms with van der Waals surface area (Å²) in [4.78, 5) is 16.1. The third-order valence-electron chi connectivity index (χ3n) is 5.24. The molecular weight excluding hydrogens is 380 g/mol. The van der Waals surface area contributed by atoms with Crippen molar-refractivity contribution in [1.82, 2.24) is 4.98 Å². The third-order valence-corrected chi connectivity index (χ3v) is 5.24. The van der Waals surface area contributed by atoms with Crippen molar-refractivity contribution in [3.8, 4) is 17.2 Å². The van der Waals surface area contributed by atoms with Crippen LogP contribution in [0.1, 0.15) is 33.8 Å². The number of carbonyl (C=O) groups is 1. The predicted molar refractivity (Wildman–Crippen MR) is 115 cm³/mol. The third kappa shape index (κ3) is 4.22. The average molecular weight is 404 g/mol.